The first kappa shape index (κ1) is 28.9. The molecule has 0 saturated carbocycles. The van der Waals surface area contributed by atoms with Crippen LogP contribution < -0.4 is 10.6 Å². The lowest BCUT2D eigenvalue weighted by Gasteiger charge is -2.37. The normalized spacial score (nSPS) is 13.2. The van der Waals surface area contributed by atoms with Crippen molar-refractivity contribution in [3.63, 3.8) is 0 Å². The Morgan fingerprint density at radius 1 is 0.889 bits per heavy atom. The molecule has 3 amide bonds. The molecule has 0 fully saturated rings. The van der Waals surface area contributed by atoms with E-state index in [9.17, 15) is 14.4 Å². The maximum Gasteiger partial charge on any atom is 0.408 e. The van der Waals surface area contributed by atoms with E-state index in [0.717, 1.165) is 11.1 Å². The molecular weight excluding hydrogens is 454 g/mol. The van der Waals surface area contributed by atoms with Gasteiger partial charge in [-0.15, -0.1) is 0 Å². The zero-order chi connectivity index (χ0) is 27.0. The topological polar surface area (TPSA) is 87.7 Å². The molecule has 2 rings (SSSR count). The molecule has 2 aromatic carbocycles. The quantitative estimate of drug-likeness (QED) is 0.516. The molecule has 2 N–H and O–H groups in total. The maximum atomic E-state index is 14.1. The number of nitrogens with one attached hydrogen (secondary N) is 2. The Balaban J connectivity index is 2.51. The molecule has 7 nitrogen and oxygen atoms in total. The fourth-order valence-corrected chi connectivity index (χ4v) is 3.91. The van der Waals surface area contributed by atoms with Crippen LogP contribution in [0.3, 0.4) is 0 Å². The summed E-state index contributed by atoms with van der Waals surface area (Å²) in [7, 11) is 0. The van der Waals surface area contributed by atoms with Crippen molar-refractivity contribution >= 4 is 17.9 Å². The van der Waals surface area contributed by atoms with Crippen molar-refractivity contribution in [3.8, 4) is 0 Å². The van der Waals surface area contributed by atoms with Crippen molar-refractivity contribution in [2.45, 2.75) is 91.6 Å². The highest BCUT2D eigenvalue weighted by molar-refractivity contribution is 5.92. The van der Waals surface area contributed by atoms with E-state index in [4.69, 9.17) is 4.74 Å². The van der Waals surface area contributed by atoms with Crippen molar-refractivity contribution in [2.75, 3.05) is 0 Å². The van der Waals surface area contributed by atoms with Crippen LogP contribution in [0.15, 0.2) is 54.6 Å². The van der Waals surface area contributed by atoms with Gasteiger partial charge in [0, 0.05) is 18.5 Å². The standard InChI is InChI=1S/C29H41N3O4/c1-19(2)30-26(33)25(23-16-14-21(5)15-17-23)32(20(3)4)27(34)24(18-22-12-10-9-11-13-22)31-28(35)36-29(6,7)8/h9-17,19-20,24-25H,18H2,1-8H3,(H,30,33)(H,31,35). The van der Waals surface area contributed by atoms with Crippen LogP contribution in [0.1, 0.15) is 71.2 Å². The van der Waals surface area contributed by atoms with Crippen molar-refractivity contribution in [2.24, 2.45) is 0 Å². The Bertz CT molecular complexity index is 1010. The first-order valence-electron chi connectivity index (χ1n) is 12.5. The first-order chi connectivity index (χ1) is 16.8. The number of amides is 3. The zero-order valence-electron chi connectivity index (χ0n) is 22.8. The summed E-state index contributed by atoms with van der Waals surface area (Å²) in [5, 5.41) is 5.73. The van der Waals surface area contributed by atoms with Crippen LogP contribution in [-0.2, 0) is 20.7 Å². The minimum atomic E-state index is -0.926. The van der Waals surface area contributed by atoms with E-state index in [1.54, 1.807) is 25.7 Å². The van der Waals surface area contributed by atoms with Crippen LogP contribution in [0.25, 0.3) is 0 Å². The van der Waals surface area contributed by atoms with E-state index in [-0.39, 0.29) is 30.3 Å². The minimum Gasteiger partial charge on any atom is -0.444 e. The Morgan fingerprint density at radius 2 is 1.47 bits per heavy atom. The molecule has 2 aromatic rings. The molecule has 0 saturated heterocycles. The van der Waals surface area contributed by atoms with Crippen molar-refractivity contribution in [1.82, 2.24) is 15.5 Å². The number of rotatable bonds is 9. The molecule has 0 radical (unpaired) electrons. The highest BCUT2D eigenvalue weighted by Crippen LogP contribution is 2.26. The predicted molar refractivity (Wildman–Crippen MR) is 142 cm³/mol. The zero-order valence-corrected chi connectivity index (χ0v) is 22.8. The van der Waals surface area contributed by atoms with Gasteiger partial charge >= 0.3 is 6.09 Å². The van der Waals surface area contributed by atoms with Gasteiger partial charge in [-0.05, 0) is 66.5 Å². The van der Waals surface area contributed by atoms with Gasteiger partial charge in [-0.2, -0.15) is 0 Å². The summed E-state index contributed by atoms with van der Waals surface area (Å²) in [4.78, 5) is 41.9. The summed E-state index contributed by atoms with van der Waals surface area (Å²) in [6.45, 7) is 14.8. The molecule has 0 aliphatic heterocycles. The number of nitrogens with zero attached hydrogens (tertiary/aromatic N) is 1. The number of carbonyl (C=O) groups is 3. The molecule has 2 atom stereocenters. The molecule has 196 valence electrons. The lowest BCUT2D eigenvalue weighted by molar-refractivity contribution is -0.144. The van der Waals surface area contributed by atoms with Gasteiger partial charge in [0.05, 0.1) is 0 Å². The molecule has 7 heteroatoms. The Labute approximate surface area is 215 Å². The minimum absolute atomic E-state index is 0.102. The Kier molecular flexibility index (Phi) is 10.1. The van der Waals surface area contributed by atoms with Gasteiger partial charge in [-0.25, -0.2) is 4.79 Å². The second-order valence-electron chi connectivity index (χ2n) is 10.7. The molecule has 0 bridgehead atoms. The highest BCUT2D eigenvalue weighted by Gasteiger charge is 2.38. The van der Waals surface area contributed by atoms with Crippen molar-refractivity contribution in [3.05, 3.63) is 71.3 Å². The van der Waals surface area contributed by atoms with Crippen molar-refractivity contribution in [1.29, 1.82) is 0 Å². The molecule has 0 heterocycles. The van der Waals surface area contributed by atoms with E-state index in [2.05, 4.69) is 10.6 Å². The number of alkyl carbamates (subject to hydrolysis) is 1. The fourth-order valence-electron chi connectivity index (χ4n) is 3.91. The van der Waals surface area contributed by atoms with Crippen molar-refractivity contribution < 1.29 is 19.1 Å². The van der Waals surface area contributed by atoms with E-state index >= 15 is 0 Å². The smallest absolute Gasteiger partial charge is 0.408 e. The lowest BCUT2D eigenvalue weighted by atomic mass is 9.98. The molecule has 36 heavy (non-hydrogen) atoms. The van der Waals surface area contributed by atoms with Gasteiger partial charge in [0.1, 0.15) is 17.7 Å². The second kappa shape index (κ2) is 12.6. The van der Waals surface area contributed by atoms with E-state index in [0.29, 0.717) is 5.56 Å². The van der Waals surface area contributed by atoms with Crippen LogP contribution >= 0.6 is 0 Å². The molecule has 0 aliphatic rings. The van der Waals surface area contributed by atoms with Gasteiger partial charge < -0.3 is 20.3 Å². The van der Waals surface area contributed by atoms with E-state index in [1.807, 2.05) is 89.2 Å². The number of hydrogen-bond donors (Lipinski definition) is 2. The summed E-state index contributed by atoms with van der Waals surface area (Å²) in [5.41, 5.74) is 1.92. The Morgan fingerprint density at radius 3 is 1.97 bits per heavy atom. The third kappa shape index (κ3) is 8.70. The predicted octanol–water partition coefficient (Wildman–Crippen LogP) is 4.93. The van der Waals surface area contributed by atoms with E-state index in [1.165, 1.54) is 0 Å². The van der Waals surface area contributed by atoms with Gasteiger partial charge in [-0.1, -0.05) is 60.2 Å². The lowest BCUT2D eigenvalue weighted by Crippen LogP contribution is -2.56. The molecule has 2 unspecified atom stereocenters. The molecule has 0 aromatic heterocycles. The molecule has 0 aliphatic carbocycles. The number of aryl methyl sites for hydroxylation is 1. The summed E-state index contributed by atoms with van der Waals surface area (Å²) in [6.07, 6.45) is -0.423. The Hall–Kier alpha value is -3.35. The largest absolute Gasteiger partial charge is 0.444 e. The van der Waals surface area contributed by atoms with Gasteiger partial charge in [0.2, 0.25) is 11.8 Å². The summed E-state index contributed by atoms with van der Waals surface area (Å²) in [5.74, 6) is -0.629. The molecular formula is C29H41N3O4. The first-order valence-corrected chi connectivity index (χ1v) is 12.5. The number of ether oxygens (including phenoxy) is 1. The van der Waals surface area contributed by atoms with Crippen LogP contribution in [0.4, 0.5) is 4.79 Å². The third-order valence-corrected chi connectivity index (χ3v) is 5.43. The van der Waals surface area contributed by atoms with Gasteiger partial charge in [0.25, 0.3) is 0 Å². The third-order valence-electron chi connectivity index (χ3n) is 5.43. The van der Waals surface area contributed by atoms with Gasteiger partial charge in [-0.3, -0.25) is 9.59 Å². The average molecular weight is 496 g/mol. The summed E-state index contributed by atoms with van der Waals surface area (Å²) in [6, 6.07) is 14.9. The average Bonchev–Trinajstić information content (AvgIpc) is 2.76. The number of benzene rings is 2. The fraction of sp³-hybridized carbons (Fsp3) is 0.483. The van der Waals surface area contributed by atoms with Crippen LogP contribution in [0.2, 0.25) is 0 Å². The van der Waals surface area contributed by atoms with Gasteiger partial charge in [0.15, 0.2) is 0 Å². The number of hydrogen-bond acceptors (Lipinski definition) is 4. The number of carbonyl (C=O) groups excluding carboxylic acids is 3. The SMILES string of the molecule is Cc1ccc(C(C(=O)NC(C)C)N(C(=O)C(Cc2ccccc2)NC(=O)OC(C)(C)C)C(C)C)cc1. The van der Waals surface area contributed by atoms with Crippen LogP contribution in [0.5, 0.6) is 0 Å². The summed E-state index contributed by atoms with van der Waals surface area (Å²) >= 11 is 0. The molecule has 0 spiro atoms. The summed E-state index contributed by atoms with van der Waals surface area (Å²) < 4.78 is 5.45. The second-order valence-corrected chi connectivity index (χ2v) is 10.7. The van der Waals surface area contributed by atoms with Crippen LogP contribution in [-0.4, -0.2) is 46.5 Å². The van der Waals surface area contributed by atoms with Crippen LogP contribution in [0, 0.1) is 6.92 Å². The maximum absolute atomic E-state index is 14.1. The monoisotopic (exact) mass is 495 g/mol. The van der Waals surface area contributed by atoms with E-state index < -0.39 is 23.8 Å². The highest BCUT2D eigenvalue weighted by atomic mass is 16.6.